The van der Waals surface area contributed by atoms with Gasteiger partial charge < -0.3 is 0 Å². The van der Waals surface area contributed by atoms with E-state index in [0.29, 0.717) is 43.6 Å². The summed E-state index contributed by atoms with van der Waals surface area (Å²) in [6.07, 6.45) is 0. The average Bonchev–Trinajstić information content (AvgIpc) is 3.60. The van der Waals surface area contributed by atoms with E-state index in [0.717, 1.165) is 56.6 Å². The van der Waals surface area contributed by atoms with Crippen molar-refractivity contribution in [3.05, 3.63) is 117 Å². The maximum absolute atomic E-state index is 14.3. The average molecular weight is 609 g/mol. The first-order valence-electron chi connectivity index (χ1n) is 14.4. The van der Waals surface area contributed by atoms with Crippen molar-refractivity contribution in [3.8, 4) is 0 Å². The highest BCUT2D eigenvalue weighted by atomic mass is 19.2. The maximum Gasteiger partial charge on any atom is 0.264 e. The van der Waals surface area contributed by atoms with Gasteiger partial charge in [0, 0.05) is 56.6 Å². The Morgan fingerprint density at radius 3 is 1.11 bits per heavy atom. The molecule has 0 fully saturated rings. The molecule has 4 aromatic heterocycles. The number of rotatable bonds is 0. The largest absolute Gasteiger partial charge is 0.268 e. The Bertz CT molecular complexity index is 3110. The summed E-state index contributed by atoms with van der Waals surface area (Å²) in [6.45, 7) is 0. The Hall–Kier alpha value is -6.16. The third-order valence-electron chi connectivity index (χ3n) is 9.64. The number of imidazole rings is 2. The number of nitrogens with zero attached hydrogens (tertiary/aromatic N) is 4. The van der Waals surface area contributed by atoms with Crippen molar-refractivity contribution in [2.24, 2.45) is 0 Å². The first-order valence-corrected chi connectivity index (χ1v) is 14.4. The van der Waals surface area contributed by atoms with Gasteiger partial charge in [0.05, 0.1) is 22.1 Å². The molecule has 0 atom stereocenters. The molecular formula is C36H12F4N4O2. The fourth-order valence-electron chi connectivity index (χ4n) is 7.78. The highest BCUT2D eigenvalue weighted by Gasteiger charge is 2.24. The van der Waals surface area contributed by atoms with Gasteiger partial charge in [-0.15, -0.1) is 0 Å². The minimum absolute atomic E-state index is 0.172. The van der Waals surface area contributed by atoms with Crippen LogP contribution in [0, 0.1) is 23.3 Å². The van der Waals surface area contributed by atoms with Gasteiger partial charge in [0.25, 0.3) is 11.1 Å². The Balaban J connectivity index is 1.35. The van der Waals surface area contributed by atoms with Gasteiger partial charge in [0.1, 0.15) is 11.3 Å². The molecule has 11 aromatic rings. The molecule has 10 heteroatoms. The van der Waals surface area contributed by atoms with Crippen LogP contribution < -0.4 is 11.1 Å². The Kier molecular flexibility index (Phi) is 3.97. The molecule has 0 aliphatic heterocycles. The zero-order valence-electron chi connectivity index (χ0n) is 23.0. The lowest BCUT2D eigenvalue weighted by Crippen LogP contribution is -2.14. The van der Waals surface area contributed by atoms with Crippen molar-refractivity contribution in [3.63, 3.8) is 0 Å². The lowest BCUT2D eigenvalue weighted by atomic mass is 9.86. The van der Waals surface area contributed by atoms with Gasteiger partial charge in [0.15, 0.2) is 23.3 Å². The van der Waals surface area contributed by atoms with Crippen molar-refractivity contribution in [2.45, 2.75) is 0 Å². The minimum Gasteiger partial charge on any atom is -0.268 e. The van der Waals surface area contributed by atoms with E-state index in [1.54, 1.807) is 12.1 Å². The topological polar surface area (TPSA) is 68.7 Å². The number of fused-ring (bicyclic) bond motifs is 10. The van der Waals surface area contributed by atoms with Crippen LogP contribution in [0.15, 0.2) is 82.4 Å². The molecule has 0 unspecified atom stereocenters. The summed E-state index contributed by atoms with van der Waals surface area (Å²) in [4.78, 5) is 37.0. The van der Waals surface area contributed by atoms with E-state index in [-0.39, 0.29) is 22.1 Å². The number of halogens is 4. The van der Waals surface area contributed by atoms with Gasteiger partial charge in [-0.2, -0.15) is 0 Å². The number of pyridine rings is 2. The van der Waals surface area contributed by atoms with Crippen molar-refractivity contribution in [1.82, 2.24) is 18.8 Å². The van der Waals surface area contributed by atoms with Crippen LogP contribution in [-0.4, -0.2) is 18.8 Å². The summed E-state index contributed by atoms with van der Waals surface area (Å²) in [5.41, 5.74) is 0.522. The summed E-state index contributed by atoms with van der Waals surface area (Å²) in [6, 6.07) is 18.8. The second-order valence-corrected chi connectivity index (χ2v) is 11.8. The van der Waals surface area contributed by atoms with Crippen LogP contribution in [0.3, 0.4) is 0 Å². The molecule has 0 spiro atoms. The van der Waals surface area contributed by atoms with Gasteiger partial charge in [-0.25, -0.2) is 27.5 Å². The first kappa shape index (κ1) is 24.2. The van der Waals surface area contributed by atoms with Crippen molar-refractivity contribution in [2.75, 3.05) is 0 Å². The molecule has 4 heterocycles. The number of hydrogen-bond acceptors (Lipinski definition) is 4. The van der Waals surface area contributed by atoms with E-state index in [1.807, 2.05) is 36.4 Å². The second-order valence-electron chi connectivity index (χ2n) is 11.8. The summed E-state index contributed by atoms with van der Waals surface area (Å²) in [5, 5.41) is 8.53. The van der Waals surface area contributed by atoms with Gasteiger partial charge in [-0.3, -0.25) is 18.4 Å². The van der Waals surface area contributed by atoms with Crippen LogP contribution >= 0.6 is 0 Å². The zero-order valence-corrected chi connectivity index (χ0v) is 23.0. The smallest absolute Gasteiger partial charge is 0.264 e. The Morgan fingerprint density at radius 2 is 0.717 bits per heavy atom. The molecule has 0 N–H and O–H groups in total. The van der Waals surface area contributed by atoms with Crippen LogP contribution in [-0.2, 0) is 0 Å². The highest BCUT2D eigenvalue weighted by Crippen LogP contribution is 2.45. The van der Waals surface area contributed by atoms with Crippen molar-refractivity contribution < 1.29 is 17.6 Å². The fourth-order valence-corrected chi connectivity index (χ4v) is 7.78. The van der Waals surface area contributed by atoms with Gasteiger partial charge in [0.2, 0.25) is 0 Å². The van der Waals surface area contributed by atoms with Crippen LogP contribution in [0.2, 0.25) is 0 Å². The Labute approximate surface area is 251 Å². The summed E-state index contributed by atoms with van der Waals surface area (Å²) < 4.78 is 59.4. The van der Waals surface area contributed by atoms with E-state index in [1.165, 1.54) is 8.80 Å². The zero-order chi connectivity index (χ0) is 30.9. The van der Waals surface area contributed by atoms with Crippen LogP contribution in [0.5, 0.6) is 0 Å². The predicted octanol–water partition coefficient (Wildman–Crippen LogP) is 7.80. The molecule has 0 saturated heterocycles. The quantitative estimate of drug-likeness (QED) is 0.100. The SMILES string of the molecule is O=c1c2ccc3c4ccc5c(=O)n6c7cc(F)c(F)cc7nc6c6ccc(c7ccc(c2c37)c2nc3cc(F)c(F)cc3n12)c4c56. The van der Waals surface area contributed by atoms with Crippen LogP contribution in [0.25, 0.3) is 98.0 Å². The van der Waals surface area contributed by atoms with E-state index in [9.17, 15) is 27.2 Å². The molecule has 11 rings (SSSR count). The lowest BCUT2D eigenvalue weighted by Gasteiger charge is -2.18. The standard InChI is InChI=1S/C36H12F4N4O2/c37-21-9-25-27(11-23(21)39)43-33(41-25)17-5-1-13-14-2-6-18-32-20(36(46)44-28-12-24(40)22(38)10-26(28)42-34(18)44)8-4-16(30(14)32)15-3-7-19(35(43)45)31(17)29(13)15/h1-12H. The van der Waals surface area contributed by atoms with E-state index >= 15 is 0 Å². The van der Waals surface area contributed by atoms with Gasteiger partial charge in [-0.1, -0.05) is 24.3 Å². The van der Waals surface area contributed by atoms with Crippen LogP contribution in [0.4, 0.5) is 17.6 Å². The second kappa shape index (κ2) is 7.55. The highest BCUT2D eigenvalue weighted by molar-refractivity contribution is 6.40. The van der Waals surface area contributed by atoms with E-state index in [2.05, 4.69) is 9.97 Å². The third kappa shape index (κ3) is 2.55. The first-order chi connectivity index (χ1) is 22.3. The number of aromatic nitrogens is 4. The van der Waals surface area contributed by atoms with E-state index in [4.69, 9.17) is 0 Å². The molecule has 0 aliphatic carbocycles. The molecule has 6 nitrogen and oxygen atoms in total. The lowest BCUT2D eigenvalue weighted by molar-refractivity contribution is 0.510. The fraction of sp³-hybridized carbons (Fsp3) is 0. The maximum atomic E-state index is 14.3. The summed E-state index contributed by atoms with van der Waals surface area (Å²) in [5.74, 6) is -4.22. The molecule has 0 saturated carbocycles. The monoisotopic (exact) mass is 608 g/mol. The van der Waals surface area contributed by atoms with Gasteiger partial charge >= 0.3 is 0 Å². The van der Waals surface area contributed by atoms with Crippen LogP contribution in [0.1, 0.15) is 0 Å². The molecular weight excluding hydrogens is 596 g/mol. The summed E-state index contributed by atoms with van der Waals surface area (Å²) in [7, 11) is 0. The molecule has 0 radical (unpaired) electrons. The Morgan fingerprint density at radius 1 is 0.413 bits per heavy atom. The predicted molar refractivity (Wildman–Crippen MR) is 170 cm³/mol. The molecule has 0 aliphatic rings. The minimum atomic E-state index is -1.07. The number of benzene rings is 7. The van der Waals surface area contributed by atoms with E-state index < -0.39 is 34.4 Å². The van der Waals surface area contributed by atoms with Crippen molar-refractivity contribution in [1.29, 1.82) is 0 Å². The van der Waals surface area contributed by atoms with Crippen molar-refractivity contribution >= 4 is 98.0 Å². The molecule has 0 bridgehead atoms. The molecule has 7 aromatic carbocycles. The number of hydrogen-bond donors (Lipinski definition) is 0. The normalized spacial score (nSPS) is 13.0. The molecule has 216 valence electrons. The summed E-state index contributed by atoms with van der Waals surface area (Å²) >= 11 is 0. The van der Waals surface area contributed by atoms with Gasteiger partial charge in [-0.05, 0) is 56.6 Å². The molecule has 0 amide bonds. The molecule has 46 heavy (non-hydrogen) atoms. The third-order valence-corrected chi connectivity index (χ3v) is 9.64.